The van der Waals surface area contributed by atoms with E-state index in [0.717, 1.165) is 17.1 Å². The Hall–Kier alpha value is -2.01. The van der Waals surface area contributed by atoms with Crippen molar-refractivity contribution in [3.05, 3.63) is 41.3 Å². The maximum Gasteiger partial charge on any atom is 0.148 e. The van der Waals surface area contributed by atoms with Crippen molar-refractivity contribution in [1.29, 1.82) is 0 Å². The van der Waals surface area contributed by atoms with Crippen LogP contribution in [0.15, 0.2) is 30.7 Å². The summed E-state index contributed by atoms with van der Waals surface area (Å²) in [6.07, 6.45) is 2.99. The molecule has 0 atom stereocenters. The number of aromatic nitrogens is 2. The molecule has 0 radical (unpaired) electrons. The van der Waals surface area contributed by atoms with Gasteiger partial charge in [0.2, 0.25) is 0 Å². The molecule has 1 aromatic carbocycles. The lowest BCUT2D eigenvalue weighted by molar-refractivity contribution is 0.391. The number of anilines is 1. The summed E-state index contributed by atoms with van der Waals surface area (Å²) in [7, 11) is 3.24. The molecule has 100 valence electrons. The summed E-state index contributed by atoms with van der Waals surface area (Å²) in [6, 6.07) is 5.64. The molecule has 5 nitrogen and oxygen atoms in total. The van der Waals surface area contributed by atoms with Crippen LogP contribution in [0.3, 0.4) is 0 Å². The molecule has 1 N–H and O–H groups in total. The minimum Gasteiger partial charge on any atom is -0.497 e. The smallest absolute Gasteiger partial charge is 0.148 e. The van der Waals surface area contributed by atoms with Crippen LogP contribution in [0.25, 0.3) is 0 Å². The predicted octanol–water partition coefficient (Wildman–Crippen LogP) is 2.76. The molecule has 2 rings (SSSR count). The second-order valence-electron chi connectivity index (χ2n) is 3.75. The minimum absolute atomic E-state index is 0.481. The van der Waals surface area contributed by atoms with Crippen molar-refractivity contribution in [3.63, 3.8) is 0 Å². The normalized spacial score (nSPS) is 10.1. The summed E-state index contributed by atoms with van der Waals surface area (Å²) < 4.78 is 10.5. The molecule has 1 heterocycles. The van der Waals surface area contributed by atoms with Crippen LogP contribution in [-0.2, 0) is 6.54 Å². The summed E-state index contributed by atoms with van der Waals surface area (Å²) in [5, 5.41) is 3.62. The Morgan fingerprint density at radius 2 is 2.11 bits per heavy atom. The first kappa shape index (κ1) is 13.4. The van der Waals surface area contributed by atoms with E-state index in [1.165, 1.54) is 6.33 Å². The molecule has 0 unspecified atom stereocenters. The molecular weight excluding hydrogens is 266 g/mol. The third-order valence-corrected chi connectivity index (χ3v) is 2.88. The van der Waals surface area contributed by atoms with Gasteiger partial charge in [-0.2, -0.15) is 0 Å². The van der Waals surface area contributed by atoms with Gasteiger partial charge in [0.1, 0.15) is 28.7 Å². The van der Waals surface area contributed by atoms with Gasteiger partial charge < -0.3 is 14.8 Å². The first-order chi connectivity index (χ1) is 9.24. The Bertz CT molecular complexity index is 563. The van der Waals surface area contributed by atoms with Crippen molar-refractivity contribution in [2.24, 2.45) is 0 Å². The molecule has 0 saturated heterocycles. The second-order valence-corrected chi connectivity index (χ2v) is 4.16. The highest BCUT2D eigenvalue weighted by Crippen LogP contribution is 2.26. The summed E-state index contributed by atoms with van der Waals surface area (Å²) in [6.45, 7) is 0.546. The monoisotopic (exact) mass is 279 g/mol. The van der Waals surface area contributed by atoms with Crippen LogP contribution < -0.4 is 14.8 Å². The summed E-state index contributed by atoms with van der Waals surface area (Å²) in [5.41, 5.74) is 0.984. The van der Waals surface area contributed by atoms with E-state index >= 15 is 0 Å². The molecule has 1 aromatic heterocycles. The van der Waals surface area contributed by atoms with Gasteiger partial charge in [0.25, 0.3) is 0 Å². The Kier molecular flexibility index (Phi) is 4.41. The largest absolute Gasteiger partial charge is 0.497 e. The molecule has 0 amide bonds. The van der Waals surface area contributed by atoms with E-state index in [2.05, 4.69) is 15.3 Å². The Labute approximate surface area is 116 Å². The highest BCUT2D eigenvalue weighted by Gasteiger charge is 2.06. The lowest BCUT2D eigenvalue weighted by atomic mass is 10.2. The predicted molar refractivity (Wildman–Crippen MR) is 73.9 cm³/mol. The van der Waals surface area contributed by atoms with Crippen molar-refractivity contribution in [1.82, 2.24) is 9.97 Å². The van der Waals surface area contributed by atoms with E-state index in [0.29, 0.717) is 17.4 Å². The molecular formula is C13H14ClN3O2. The standard InChI is InChI=1S/C13H14ClN3O2/c1-18-10-4-3-9(12(5-10)19-2)6-16-13-11(14)7-15-8-17-13/h3-5,7-8H,6H2,1-2H3,(H,15,16,17). The molecule has 19 heavy (non-hydrogen) atoms. The van der Waals surface area contributed by atoms with Gasteiger partial charge in [-0.3, -0.25) is 0 Å². The number of nitrogens with one attached hydrogen (secondary N) is 1. The van der Waals surface area contributed by atoms with Crippen molar-refractivity contribution in [2.45, 2.75) is 6.54 Å². The van der Waals surface area contributed by atoms with E-state index < -0.39 is 0 Å². The van der Waals surface area contributed by atoms with E-state index in [1.54, 1.807) is 20.4 Å². The number of methoxy groups -OCH3 is 2. The highest BCUT2D eigenvalue weighted by molar-refractivity contribution is 6.32. The highest BCUT2D eigenvalue weighted by atomic mass is 35.5. The summed E-state index contributed by atoms with van der Waals surface area (Å²) in [5.74, 6) is 2.09. The first-order valence-corrected chi connectivity index (χ1v) is 6.02. The Morgan fingerprint density at radius 3 is 2.79 bits per heavy atom. The molecule has 0 saturated carbocycles. The quantitative estimate of drug-likeness (QED) is 0.912. The van der Waals surface area contributed by atoms with Crippen LogP contribution in [0.5, 0.6) is 11.5 Å². The molecule has 0 aliphatic rings. The number of hydrogen-bond acceptors (Lipinski definition) is 5. The number of nitrogens with zero attached hydrogens (tertiary/aromatic N) is 2. The van der Waals surface area contributed by atoms with Crippen molar-refractivity contribution >= 4 is 17.4 Å². The van der Waals surface area contributed by atoms with Gasteiger partial charge in [-0.15, -0.1) is 0 Å². The lowest BCUT2D eigenvalue weighted by Gasteiger charge is -2.12. The van der Waals surface area contributed by atoms with Gasteiger partial charge >= 0.3 is 0 Å². The molecule has 0 aliphatic heterocycles. The van der Waals surface area contributed by atoms with Gasteiger partial charge in [-0.25, -0.2) is 9.97 Å². The first-order valence-electron chi connectivity index (χ1n) is 5.65. The minimum atomic E-state index is 0.481. The zero-order valence-electron chi connectivity index (χ0n) is 10.7. The van der Waals surface area contributed by atoms with Gasteiger partial charge in [-0.1, -0.05) is 11.6 Å². The third kappa shape index (κ3) is 3.26. The number of rotatable bonds is 5. The van der Waals surface area contributed by atoms with Gasteiger partial charge in [-0.05, 0) is 12.1 Å². The van der Waals surface area contributed by atoms with Crippen molar-refractivity contribution in [3.8, 4) is 11.5 Å². The fourth-order valence-corrected chi connectivity index (χ4v) is 1.79. The van der Waals surface area contributed by atoms with Crippen molar-refractivity contribution in [2.75, 3.05) is 19.5 Å². The fourth-order valence-electron chi connectivity index (χ4n) is 1.62. The van der Waals surface area contributed by atoms with Crippen LogP contribution in [0.2, 0.25) is 5.02 Å². The van der Waals surface area contributed by atoms with Crippen LogP contribution in [0.4, 0.5) is 5.82 Å². The lowest BCUT2D eigenvalue weighted by Crippen LogP contribution is -2.04. The van der Waals surface area contributed by atoms with Gasteiger partial charge in [0.15, 0.2) is 0 Å². The average molecular weight is 280 g/mol. The molecule has 6 heteroatoms. The zero-order chi connectivity index (χ0) is 13.7. The molecule has 0 aliphatic carbocycles. The van der Waals surface area contributed by atoms with Crippen LogP contribution in [-0.4, -0.2) is 24.2 Å². The van der Waals surface area contributed by atoms with Crippen LogP contribution in [0, 0.1) is 0 Å². The fraction of sp³-hybridized carbons (Fsp3) is 0.231. The third-order valence-electron chi connectivity index (χ3n) is 2.61. The topological polar surface area (TPSA) is 56.3 Å². The van der Waals surface area contributed by atoms with Crippen LogP contribution >= 0.6 is 11.6 Å². The number of hydrogen-bond donors (Lipinski definition) is 1. The number of halogens is 1. The average Bonchev–Trinajstić information content (AvgIpc) is 2.46. The Balaban J connectivity index is 2.13. The zero-order valence-corrected chi connectivity index (χ0v) is 11.4. The number of benzene rings is 1. The van der Waals surface area contributed by atoms with Crippen LogP contribution in [0.1, 0.15) is 5.56 Å². The van der Waals surface area contributed by atoms with Crippen molar-refractivity contribution < 1.29 is 9.47 Å². The molecule has 2 aromatic rings. The van der Waals surface area contributed by atoms with E-state index in [9.17, 15) is 0 Å². The van der Waals surface area contributed by atoms with E-state index in [4.69, 9.17) is 21.1 Å². The summed E-state index contributed by atoms with van der Waals surface area (Å²) in [4.78, 5) is 7.89. The molecule has 0 fully saturated rings. The van der Waals surface area contributed by atoms with E-state index in [-0.39, 0.29) is 0 Å². The molecule has 0 spiro atoms. The SMILES string of the molecule is COc1ccc(CNc2ncncc2Cl)c(OC)c1. The maximum absolute atomic E-state index is 5.97. The van der Waals surface area contributed by atoms with E-state index in [1.807, 2.05) is 18.2 Å². The Morgan fingerprint density at radius 1 is 1.26 bits per heavy atom. The maximum atomic E-state index is 5.97. The number of ether oxygens (including phenoxy) is 2. The summed E-state index contributed by atoms with van der Waals surface area (Å²) >= 11 is 5.97. The molecule has 0 bridgehead atoms. The van der Waals surface area contributed by atoms with Gasteiger partial charge in [0, 0.05) is 18.2 Å². The van der Waals surface area contributed by atoms with Gasteiger partial charge in [0.05, 0.1) is 20.4 Å². The second kappa shape index (κ2) is 6.24.